The molecule has 0 saturated carbocycles. The van der Waals surface area contributed by atoms with E-state index in [1.54, 1.807) is 4.90 Å². The van der Waals surface area contributed by atoms with Crippen LogP contribution in [0.15, 0.2) is 24.3 Å². The zero-order valence-corrected chi connectivity index (χ0v) is 12.6. The Kier molecular flexibility index (Phi) is 4.88. The van der Waals surface area contributed by atoms with Crippen molar-refractivity contribution in [2.45, 2.75) is 39.7 Å². The van der Waals surface area contributed by atoms with Crippen molar-refractivity contribution in [3.05, 3.63) is 24.3 Å². The topological polar surface area (TPSA) is 44.4 Å². The first-order valence-electron chi connectivity index (χ1n) is 7.48. The van der Waals surface area contributed by atoms with E-state index in [1.165, 1.54) is 12.8 Å². The van der Waals surface area contributed by atoms with Gasteiger partial charge in [-0.3, -0.25) is 4.90 Å². The van der Waals surface area contributed by atoms with Crippen molar-refractivity contribution in [2.75, 3.05) is 23.3 Å². The lowest BCUT2D eigenvalue weighted by molar-refractivity contribution is 0.252. The third-order valence-electron chi connectivity index (χ3n) is 3.63. The van der Waals surface area contributed by atoms with E-state index in [0.29, 0.717) is 6.04 Å². The maximum absolute atomic E-state index is 11.6. The average Bonchev–Trinajstić information content (AvgIpc) is 2.84. The molecule has 0 radical (unpaired) electrons. The van der Waals surface area contributed by atoms with Crippen LogP contribution in [-0.2, 0) is 0 Å². The first-order chi connectivity index (χ1) is 9.56. The molecule has 0 aromatic heterocycles. The van der Waals surface area contributed by atoms with E-state index in [0.717, 1.165) is 30.4 Å². The van der Waals surface area contributed by atoms with Gasteiger partial charge >= 0.3 is 6.03 Å². The Morgan fingerprint density at radius 2 is 1.90 bits per heavy atom. The Balaban J connectivity index is 1.89. The highest BCUT2D eigenvalue weighted by Crippen LogP contribution is 2.20. The molecule has 1 atom stereocenters. The minimum atomic E-state index is -0.00369. The quantitative estimate of drug-likeness (QED) is 0.835. The first kappa shape index (κ1) is 14.7. The van der Waals surface area contributed by atoms with Crippen molar-refractivity contribution in [3.8, 4) is 0 Å². The minimum absolute atomic E-state index is 0.00369. The molecule has 110 valence electrons. The monoisotopic (exact) mass is 275 g/mol. The van der Waals surface area contributed by atoms with Gasteiger partial charge in [0.05, 0.1) is 0 Å². The molecule has 2 N–H and O–H groups in total. The number of hydrogen-bond acceptors (Lipinski definition) is 2. The fourth-order valence-corrected chi connectivity index (χ4v) is 2.40. The van der Waals surface area contributed by atoms with E-state index in [1.807, 2.05) is 24.3 Å². The van der Waals surface area contributed by atoms with Gasteiger partial charge in [-0.1, -0.05) is 13.8 Å². The summed E-state index contributed by atoms with van der Waals surface area (Å²) >= 11 is 0. The molecular weight excluding hydrogens is 250 g/mol. The van der Waals surface area contributed by atoms with Gasteiger partial charge in [0.2, 0.25) is 0 Å². The van der Waals surface area contributed by atoms with Crippen molar-refractivity contribution in [1.82, 2.24) is 5.32 Å². The molecule has 0 aliphatic carbocycles. The molecule has 4 nitrogen and oxygen atoms in total. The zero-order chi connectivity index (χ0) is 14.5. The summed E-state index contributed by atoms with van der Waals surface area (Å²) in [5.41, 5.74) is 2.07. The van der Waals surface area contributed by atoms with Gasteiger partial charge < -0.3 is 10.6 Å². The molecule has 1 saturated heterocycles. The third kappa shape index (κ3) is 3.89. The molecule has 4 heteroatoms. The highest BCUT2D eigenvalue weighted by atomic mass is 16.2. The Bertz CT molecular complexity index is 442. The molecule has 0 spiro atoms. The molecule has 1 aromatic carbocycles. The second kappa shape index (κ2) is 6.64. The lowest BCUT2D eigenvalue weighted by atomic mass is 10.0. The van der Waals surface area contributed by atoms with Gasteiger partial charge in [0.15, 0.2) is 0 Å². The number of carbonyl (C=O) groups excluding carboxylic acids is 1. The summed E-state index contributed by atoms with van der Waals surface area (Å²) in [5, 5.41) is 6.32. The predicted molar refractivity (Wildman–Crippen MR) is 84.3 cm³/mol. The number of benzene rings is 1. The Hall–Kier alpha value is -1.71. The molecule has 1 unspecified atom stereocenters. The predicted octanol–water partition coefficient (Wildman–Crippen LogP) is 3.45. The summed E-state index contributed by atoms with van der Waals surface area (Å²) in [5.74, 6) is 0.746. The van der Waals surface area contributed by atoms with Gasteiger partial charge in [0, 0.05) is 30.5 Å². The summed E-state index contributed by atoms with van der Waals surface area (Å²) in [6, 6.07) is 8.57. The van der Waals surface area contributed by atoms with Crippen molar-refractivity contribution >= 4 is 17.4 Å². The number of urea groups is 1. The molecule has 1 fully saturated rings. The molecule has 1 aromatic rings. The number of anilines is 2. The van der Waals surface area contributed by atoms with Crippen molar-refractivity contribution in [2.24, 2.45) is 5.92 Å². The second-order valence-electron chi connectivity index (χ2n) is 5.95. The minimum Gasteiger partial charge on any atom is -0.383 e. The lowest BCUT2D eigenvalue weighted by Crippen LogP contribution is -2.27. The summed E-state index contributed by atoms with van der Waals surface area (Å²) < 4.78 is 0. The number of rotatable bonds is 6. The fourth-order valence-electron chi connectivity index (χ4n) is 2.40. The van der Waals surface area contributed by atoms with Gasteiger partial charge in [-0.2, -0.15) is 0 Å². The van der Waals surface area contributed by atoms with E-state index in [2.05, 4.69) is 31.4 Å². The van der Waals surface area contributed by atoms with Crippen molar-refractivity contribution in [3.63, 3.8) is 0 Å². The maximum Gasteiger partial charge on any atom is 0.321 e. The van der Waals surface area contributed by atoms with Crippen LogP contribution in [-0.4, -0.2) is 25.2 Å². The smallest absolute Gasteiger partial charge is 0.321 e. The third-order valence-corrected chi connectivity index (χ3v) is 3.63. The number of hydrogen-bond donors (Lipinski definition) is 2. The van der Waals surface area contributed by atoms with E-state index >= 15 is 0 Å². The summed E-state index contributed by atoms with van der Waals surface area (Å²) in [4.78, 5) is 13.4. The van der Waals surface area contributed by atoms with Crippen LogP contribution in [0.2, 0.25) is 0 Å². The van der Waals surface area contributed by atoms with Crippen LogP contribution in [0.5, 0.6) is 0 Å². The summed E-state index contributed by atoms with van der Waals surface area (Å²) in [6.45, 7) is 8.19. The van der Waals surface area contributed by atoms with Crippen LogP contribution >= 0.6 is 0 Å². The standard InChI is InChI=1S/C16H25N3O/c1-12(2)4-5-13(3)18-14-6-8-15(9-7-14)19-11-10-17-16(19)20/h6-9,12-13,18H,4-5,10-11H2,1-3H3,(H,17,20). The van der Waals surface area contributed by atoms with Crippen LogP contribution in [0.4, 0.5) is 16.2 Å². The van der Waals surface area contributed by atoms with Gasteiger partial charge in [0.1, 0.15) is 0 Å². The van der Waals surface area contributed by atoms with Gasteiger partial charge in [0.25, 0.3) is 0 Å². The molecule has 20 heavy (non-hydrogen) atoms. The first-order valence-corrected chi connectivity index (χ1v) is 7.48. The highest BCUT2D eigenvalue weighted by Gasteiger charge is 2.20. The Morgan fingerprint density at radius 1 is 1.20 bits per heavy atom. The molecule has 2 amide bonds. The SMILES string of the molecule is CC(C)CCC(C)Nc1ccc(N2CCNC2=O)cc1. The normalized spacial score (nSPS) is 16.4. The second-order valence-corrected chi connectivity index (χ2v) is 5.95. The molecular formula is C16H25N3O. The molecule has 1 aliphatic heterocycles. The molecule has 0 bridgehead atoms. The van der Waals surface area contributed by atoms with Crippen LogP contribution in [0.25, 0.3) is 0 Å². The Labute approximate surface area is 121 Å². The van der Waals surface area contributed by atoms with Gasteiger partial charge in [-0.25, -0.2) is 4.79 Å². The molecule has 1 heterocycles. The van der Waals surface area contributed by atoms with E-state index < -0.39 is 0 Å². The molecule has 1 aliphatic rings. The number of carbonyl (C=O) groups is 1. The average molecular weight is 275 g/mol. The van der Waals surface area contributed by atoms with Crippen molar-refractivity contribution in [1.29, 1.82) is 0 Å². The fraction of sp³-hybridized carbons (Fsp3) is 0.562. The van der Waals surface area contributed by atoms with Crippen LogP contribution < -0.4 is 15.5 Å². The van der Waals surface area contributed by atoms with Gasteiger partial charge in [-0.05, 0) is 49.9 Å². The van der Waals surface area contributed by atoms with Crippen LogP contribution in [0.1, 0.15) is 33.6 Å². The number of nitrogens with one attached hydrogen (secondary N) is 2. The van der Waals surface area contributed by atoms with E-state index in [4.69, 9.17) is 0 Å². The van der Waals surface area contributed by atoms with Crippen LogP contribution in [0.3, 0.4) is 0 Å². The molecule has 2 rings (SSSR count). The largest absolute Gasteiger partial charge is 0.383 e. The van der Waals surface area contributed by atoms with Gasteiger partial charge in [-0.15, -0.1) is 0 Å². The van der Waals surface area contributed by atoms with Crippen molar-refractivity contribution < 1.29 is 4.79 Å². The maximum atomic E-state index is 11.6. The highest BCUT2D eigenvalue weighted by molar-refractivity contribution is 5.94. The lowest BCUT2D eigenvalue weighted by Gasteiger charge is -2.18. The zero-order valence-electron chi connectivity index (χ0n) is 12.6. The van der Waals surface area contributed by atoms with E-state index in [9.17, 15) is 4.79 Å². The number of amides is 2. The van der Waals surface area contributed by atoms with E-state index in [-0.39, 0.29) is 6.03 Å². The van der Waals surface area contributed by atoms with Crippen LogP contribution in [0, 0.1) is 5.92 Å². The Morgan fingerprint density at radius 3 is 2.45 bits per heavy atom. The number of nitrogens with zero attached hydrogens (tertiary/aromatic N) is 1. The summed E-state index contributed by atoms with van der Waals surface area (Å²) in [6.07, 6.45) is 2.41. The summed E-state index contributed by atoms with van der Waals surface area (Å²) in [7, 11) is 0.